The molecule has 0 saturated carbocycles. The Balaban J connectivity index is 1.39. The number of anilines is 1. The Hall–Kier alpha value is -3.59. The van der Waals surface area contributed by atoms with Crippen molar-refractivity contribution >= 4 is 40.2 Å². The molecule has 0 spiro atoms. The van der Waals surface area contributed by atoms with Crippen LogP contribution in [0.2, 0.25) is 0 Å². The van der Waals surface area contributed by atoms with E-state index in [1.807, 2.05) is 45.2 Å². The van der Waals surface area contributed by atoms with Gasteiger partial charge >= 0.3 is 0 Å². The summed E-state index contributed by atoms with van der Waals surface area (Å²) in [6.45, 7) is 3.87. The second-order valence-corrected chi connectivity index (χ2v) is 8.37. The van der Waals surface area contributed by atoms with E-state index in [4.69, 9.17) is 4.42 Å². The predicted octanol–water partition coefficient (Wildman–Crippen LogP) is 4.09. The van der Waals surface area contributed by atoms with Crippen LogP contribution in [-0.4, -0.2) is 32.3 Å². The Kier molecular flexibility index (Phi) is 6.27. The van der Waals surface area contributed by atoms with Crippen LogP contribution < -0.4 is 10.6 Å². The van der Waals surface area contributed by atoms with Crippen molar-refractivity contribution in [2.24, 2.45) is 7.05 Å². The number of benzene rings is 2. The number of amides is 2. The van der Waals surface area contributed by atoms with Crippen LogP contribution in [0.1, 0.15) is 34.6 Å². The fourth-order valence-electron chi connectivity index (χ4n) is 3.42. The molecule has 0 aliphatic carbocycles. The van der Waals surface area contributed by atoms with Crippen molar-refractivity contribution in [2.75, 3.05) is 11.1 Å². The second-order valence-electron chi connectivity index (χ2n) is 7.42. The largest absolute Gasteiger partial charge is 0.459 e. The van der Waals surface area contributed by atoms with E-state index in [0.717, 1.165) is 22.3 Å². The Morgan fingerprint density at radius 2 is 2.00 bits per heavy atom. The van der Waals surface area contributed by atoms with Crippen LogP contribution in [0.4, 0.5) is 5.69 Å². The second kappa shape index (κ2) is 9.27. The summed E-state index contributed by atoms with van der Waals surface area (Å²) in [6.07, 6.45) is 1.58. The Labute approximate surface area is 189 Å². The van der Waals surface area contributed by atoms with E-state index >= 15 is 0 Å². The number of fused-ring (bicyclic) bond motifs is 1. The molecule has 1 unspecified atom stereocenters. The number of thioether (sulfide) groups is 1. The SMILES string of the molecule is Cc1c(C(C)NC(=O)c2cccc(NC(=O)CSc3nncn3C)c2)oc2ccccc12. The summed E-state index contributed by atoms with van der Waals surface area (Å²) < 4.78 is 7.70. The highest BCUT2D eigenvalue weighted by Crippen LogP contribution is 2.29. The van der Waals surface area contributed by atoms with Gasteiger partial charge in [-0.3, -0.25) is 9.59 Å². The van der Waals surface area contributed by atoms with Crippen LogP contribution in [0.3, 0.4) is 0 Å². The van der Waals surface area contributed by atoms with Gasteiger partial charge < -0.3 is 19.6 Å². The molecule has 8 nitrogen and oxygen atoms in total. The van der Waals surface area contributed by atoms with Crippen LogP contribution in [-0.2, 0) is 11.8 Å². The van der Waals surface area contributed by atoms with Crippen LogP contribution >= 0.6 is 11.8 Å². The average Bonchev–Trinajstić information content (AvgIpc) is 3.35. The minimum absolute atomic E-state index is 0.186. The van der Waals surface area contributed by atoms with E-state index in [9.17, 15) is 9.59 Å². The van der Waals surface area contributed by atoms with Crippen molar-refractivity contribution in [1.82, 2.24) is 20.1 Å². The van der Waals surface area contributed by atoms with Gasteiger partial charge in [0.1, 0.15) is 17.7 Å². The summed E-state index contributed by atoms with van der Waals surface area (Å²) in [4.78, 5) is 25.1. The van der Waals surface area contributed by atoms with Gasteiger partial charge in [0.25, 0.3) is 5.91 Å². The number of para-hydroxylation sites is 1. The first-order valence-electron chi connectivity index (χ1n) is 10.1. The van der Waals surface area contributed by atoms with Gasteiger partial charge in [0.2, 0.25) is 5.91 Å². The van der Waals surface area contributed by atoms with Gasteiger partial charge in [-0.15, -0.1) is 10.2 Å². The van der Waals surface area contributed by atoms with Crippen molar-refractivity contribution in [1.29, 1.82) is 0 Å². The molecule has 32 heavy (non-hydrogen) atoms. The number of carbonyl (C=O) groups is 2. The maximum atomic E-state index is 12.8. The van der Waals surface area contributed by atoms with E-state index in [0.29, 0.717) is 16.4 Å². The number of furan rings is 1. The number of hydrogen-bond donors (Lipinski definition) is 2. The Morgan fingerprint density at radius 3 is 2.75 bits per heavy atom. The molecule has 2 N–H and O–H groups in total. The highest BCUT2D eigenvalue weighted by atomic mass is 32.2. The zero-order valence-corrected chi connectivity index (χ0v) is 18.8. The van der Waals surface area contributed by atoms with Crippen LogP contribution in [0.5, 0.6) is 0 Å². The lowest BCUT2D eigenvalue weighted by molar-refractivity contribution is -0.113. The van der Waals surface area contributed by atoms with Gasteiger partial charge in [0, 0.05) is 29.2 Å². The minimum atomic E-state index is -0.309. The molecule has 0 bridgehead atoms. The Morgan fingerprint density at radius 1 is 1.19 bits per heavy atom. The average molecular weight is 450 g/mol. The number of rotatable bonds is 7. The first-order valence-corrected chi connectivity index (χ1v) is 11.1. The summed E-state index contributed by atoms with van der Waals surface area (Å²) in [5.74, 6) is 0.472. The number of aryl methyl sites for hydroxylation is 2. The number of nitrogens with one attached hydrogen (secondary N) is 2. The third kappa shape index (κ3) is 4.67. The van der Waals surface area contributed by atoms with Crippen molar-refractivity contribution in [2.45, 2.75) is 25.0 Å². The fourth-order valence-corrected chi connectivity index (χ4v) is 4.11. The van der Waals surface area contributed by atoms with E-state index in [2.05, 4.69) is 20.8 Å². The lowest BCUT2D eigenvalue weighted by atomic mass is 10.1. The number of hydrogen-bond acceptors (Lipinski definition) is 6. The van der Waals surface area contributed by atoms with Gasteiger partial charge in [-0.05, 0) is 38.1 Å². The summed E-state index contributed by atoms with van der Waals surface area (Å²) >= 11 is 1.29. The first kappa shape index (κ1) is 21.6. The lowest BCUT2D eigenvalue weighted by Gasteiger charge is -2.13. The maximum absolute atomic E-state index is 12.8. The molecule has 0 aliphatic rings. The molecule has 164 valence electrons. The van der Waals surface area contributed by atoms with Gasteiger partial charge in [-0.25, -0.2) is 0 Å². The first-order chi connectivity index (χ1) is 15.4. The van der Waals surface area contributed by atoms with Gasteiger partial charge in [-0.1, -0.05) is 36.0 Å². The molecule has 2 amide bonds. The smallest absolute Gasteiger partial charge is 0.251 e. The molecule has 0 radical (unpaired) electrons. The molecular formula is C23H23N5O3S. The van der Waals surface area contributed by atoms with Crippen molar-refractivity contribution < 1.29 is 14.0 Å². The lowest BCUT2D eigenvalue weighted by Crippen LogP contribution is -2.27. The third-order valence-corrected chi connectivity index (χ3v) is 6.07. The van der Waals surface area contributed by atoms with E-state index in [-0.39, 0.29) is 23.6 Å². The Bertz CT molecular complexity index is 1280. The molecule has 1 atom stereocenters. The van der Waals surface area contributed by atoms with Gasteiger partial charge in [-0.2, -0.15) is 0 Å². The summed E-state index contributed by atoms with van der Waals surface area (Å²) in [7, 11) is 1.82. The van der Waals surface area contributed by atoms with E-state index in [1.54, 1.807) is 35.2 Å². The minimum Gasteiger partial charge on any atom is -0.459 e. The highest BCUT2D eigenvalue weighted by molar-refractivity contribution is 7.99. The van der Waals surface area contributed by atoms with Crippen molar-refractivity contribution in [3.63, 3.8) is 0 Å². The van der Waals surface area contributed by atoms with Gasteiger partial charge in [0.15, 0.2) is 5.16 Å². The summed E-state index contributed by atoms with van der Waals surface area (Å²) in [5, 5.41) is 15.2. The van der Waals surface area contributed by atoms with Crippen molar-refractivity contribution in [3.8, 4) is 0 Å². The maximum Gasteiger partial charge on any atom is 0.251 e. The monoisotopic (exact) mass is 449 g/mol. The normalized spacial score (nSPS) is 12.0. The van der Waals surface area contributed by atoms with Crippen LogP contribution in [0.15, 0.2) is 64.4 Å². The molecule has 2 heterocycles. The zero-order valence-electron chi connectivity index (χ0n) is 18.0. The molecule has 0 saturated heterocycles. The van der Waals surface area contributed by atoms with Crippen molar-refractivity contribution in [3.05, 3.63) is 71.7 Å². The van der Waals surface area contributed by atoms with Crippen LogP contribution in [0, 0.1) is 6.92 Å². The topological polar surface area (TPSA) is 102 Å². The number of nitrogens with zero attached hydrogens (tertiary/aromatic N) is 3. The standard InChI is InChI=1S/C23H23N5O3S/c1-14-18-9-4-5-10-19(18)31-21(14)15(2)25-22(30)16-7-6-8-17(11-16)26-20(29)12-32-23-27-24-13-28(23)3/h4-11,13,15H,12H2,1-3H3,(H,25,30)(H,26,29). The molecule has 2 aromatic heterocycles. The fraction of sp³-hybridized carbons (Fsp3) is 0.217. The molecular weight excluding hydrogens is 426 g/mol. The highest BCUT2D eigenvalue weighted by Gasteiger charge is 2.19. The molecule has 4 rings (SSSR count). The predicted molar refractivity (Wildman–Crippen MR) is 124 cm³/mol. The molecule has 4 aromatic rings. The van der Waals surface area contributed by atoms with Crippen LogP contribution in [0.25, 0.3) is 11.0 Å². The van der Waals surface area contributed by atoms with Gasteiger partial charge in [0.05, 0.1) is 11.8 Å². The third-order valence-electron chi connectivity index (χ3n) is 5.03. The summed E-state index contributed by atoms with van der Waals surface area (Å²) in [5.41, 5.74) is 2.80. The zero-order chi connectivity index (χ0) is 22.7. The number of aromatic nitrogens is 3. The summed E-state index contributed by atoms with van der Waals surface area (Å²) in [6, 6.07) is 14.3. The van der Waals surface area contributed by atoms with E-state index in [1.165, 1.54) is 11.8 Å². The molecule has 0 fully saturated rings. The molecule has 9 heteroatoms. The molecule has 2 aromatic carbocycles. The molecule has 0 aliphatic heterocycles. The quantitative estimate of drug-likeness (QED) is 0.412. The van der Waals surface area contributed by atoms with E-state index < -0.39 is 0 Å². The number of carbonyl (C=O) groups excluding carboxylic acids is 2.